The van der Waals surface area contributed by atoms with Crippen LogP contribution < -0.4 is 5.32 Å². The van der Waals surface area contributed by atoms with E-state index >= 15 is 0 Å². The van der Waals surface area contributed by atoms with E-state index < -0.39 is 5.82 Å². The summed E-state index contributed by atoms with van der Waals surface area (Å²) in [7, 11) is 0. The molecule has 1 fully saturated rings. The maximum Gasteiger partial charge on any atom is 0.410 e. The molecule has 128 valence electrons. The topological polar surface area (TPSA) is 58.6 Å². The van der Waals surface area contributed by atoms with Crippen LogP contribution in [0.15, 0.2) is 22.7 Å². The molecule has 0 bridgehead atoms. The van der Waals surface area contributed by atoms with Gasteiger partial charge in [-0.3, -0.25) is 4.79 Å². The Labute approximate surface area is 144 Å². The summed E-state index contributed by atoms with van der Waals surface area (Å²) in [6.45, 7) is 8.86. The van der Waals surface area contributed by atoms with E-state index in [1.54, 1.807) is 11.0 Å². The molecule has 1 N–H and O–H groups in total. The fraction of sp³-hybridized carbons (Fsp3) is 0.500. The number of rotatable bonds is 1. The van der Waals surface area contributed by atoms with Crippen molar-refractivity contribution in [1.29, 1.82) is 0 Å². The summed E-state index contributed by atoms with van der Waals surface area (Å²) in [5.74, 6) is -0.496. The lowest BCUT2D eigenvalue weighted by Gasteiger charge is -2.30. The van der Waals surface area contributed by atoms with Crippen molar-refractivity contribution < 1.29 is 18.7 Å². The average molecular weight is 389 g/mol. The summed E-state index contributed by atoms with van der Waals surface area (Å²) >= 11 is 3.07. The van der Waals surface area contributed by atoms with Crippen molar-refractivity contribution in [3.63, 3.8) is 0 Å². The first-order valence-corrected chi connectivity index (χ1v) is 8.11. The van der Waals surface area contributed by atoms with Crippen LogP contribution in [0.1, 0.15) is 31.1 Å². The molecule has 1 amide bonds. The molecule has 0 atom stereocenters. The number of benzene rings is 1. The maximum atomic E-state index is 12.6. The van der Waals surface area contributed by atoms with Gasteiger partial charge in [0.15, 0.2) is 6.29 Å². The van der Waals surface area contributed by atoms with Gasteiger partial charge >= 0.3 is 6.09 Å². The SMILES string of the molecule is CC(C)(C)OC(=O)N1CCNCC1.O=Cc1ccc(Br)cc1F. The van der Waals surface area contributed by atoms with Gasteiger partial charge in [-0.05, 0) is 39.0 Å². The van der Waals surface area contributed by atoms with Crippen LogP contribution in [0.3, 0.4) is 0 Å². The van der Waals surface area contributed by atoms with Crippen molar-refractivity contribution in [3.05, 3.63) is 34.1 Å². The van der Waals surface area contributed by atoms with Gasteiger partial charge in [0.25, 0.3) is 0 Å². The molecule has 2 rings (SSSR count). The van der Waals surface area contributed by atoms with Crippen molar-refractivity contribution in [2.45, 2.75) is 26.4 Å². The van der Waals surface area contributed by atoms with Gasteiger partial charge in [0.1, 0.15) is 11.4 Å². The van der Waals surface area contributed by atoms with E-state index in [4.69, 9.17) is 4.74 Å². The molecule has 7 heteroatoms. The molecule has 1 saturated heterocycles. The molecule has 1 aliphatic heterocycles. The summed E-state index contributed by atoms with van der Waals surface area (Å²) in [4.78, 5) is 23.3. The van der Waals surface area contributed by atoms with Crippen LogP contribution in [0.4, 0.5) is 9.18 Å². The molecule has 1 aromatic rings. The molecule has 5 nitrogen and oxygen atoms in total. The minimum Gasteiger partial charge on any atom is -0.444 e. The zero-order valence-electron chi connectivity index (χ0n) is 13.6. The number of carbonyl (C=O) groups is 2. The zero-order valence-corrected chi connectivity index (χ0v) is 15.2. The number of nitrogens with zero attached hydrogens (tertiary/aromatic N) is 1. The van der Waals surface area contributed by atoms with Gasteiger partial charge < -0.3 is 15.0 Å². The van der Waals surface area contributed by atoms with E-state index in [9.17, 15) is 14.0 Å². The van der Waals surface area contributed by atoms with Crippen LogP contribution in [0, 0.1) is 5.82 Å². The first kappa shape index (κ1) is 19.6. The van der Waals surface area contributed by atoms with Crippen molar-refractivity contribution in [2.75, 3.05) is 26.2 Å². The molecule has 0 radical (unpaired) electrons. The molecule has 0 aliphatic carbocycles. The highest BCUT2D eigenvalue weighted by Crippen LogP contribution is 2.13. The van der Waals surface area contributed by atoms with Gasteiger partial charge in [-0.25, -0.2) is 9.18 Å². The molecule has 23 heavy (non-hydrogen) atoms. The van der Waals surface area contributed by atoms with Gasteiger partial charge in [0, 0.05) is 30.7 Å². The van der Waals surface area contributed by atoms with E-state index in [-0.39, 0.29) is 17.3 Å². The molecule has 0 spiro atoms. The van der Waals surface area contributed by atoms with Crippen molar-refractivity contribution in [1.82, 2.24) is 10.2 Å². The number of hydrogen-bond acceptors (Lipinski definition) is 4. The van der Waals surface area contributed by atoms with Gasteiger partial charge in [-0.15, -0.1) is 0 Å². The Hall–Kier alpha value is -1.47. The summed E-state index contributed by atoms with van der Waals surface area (Å²) < 4.78 is 18.5. The van der Waals surface area contributed by atoms with Gasteiger partial charge in [-0.2, -0.15) is 0 Å². The lowest BCUT2D eigenvalue weighted by atomic mass is 10.2. The third kappa shape index (κ3) is 7.56. The third-order valence-corrected chi connectivity index (χ3v) is 3.35. The minimum absolute atomic E-state index is 0.0863. The van der Waals surface area contributed by atoms with Gasteiger partial charge in [0.2, 0.25) is 0 Å². The maximum absolute atomic E-state index is 12.6. The number of nitrogens with one attached hydrogen (secondary N) is 1. The molecule has 1 aliphatic rings. The Balaban J connectivity index is 0.000000238. The number of hydrogen-bond donors (Lipinski definition) is 1. The Morgan fingerprint density at radius 3 is 2.43 bits per heavy atom. The molecule has 1 aromatic carbocycles. The van der Waals surface area contributed by atoms with Crippen LogP contribution in [0.25, 0.3) is 0 Å². The van der Waals surface area contributed by atoms with Crippen LogP contribution in [-0.4, -0.2) is 49.1 Å². The van der Waals surface area contributed by atoms with Crippen molar-refractivity contribution in [3.8, 4) is 0 Å². The van der Waals surface area contributed by atoms with Crippen LogP contribution >= 0.6 is 15.9 Å². The Kier molecular flexibility index (Phi) is 7.64. The molecule has 0 unspecified atom stereocenters. The Bertz CT molecular complexity index is 541. The quantitative estimate of drug-likeness (QED) is 0.750. The fourth-order valence-corrected chi connectivity index (χ4v) is 2.10. The largest absolute Gasteiger partial charge is 0.444 e. The molecule has 1 heterocycles. The fourth-order valence-electron chi connectivity index (χ4n) is 1.77. The predicted molar refractivity (Wildman–Crippen MR) is 90.2 cm³/mol. The number of carbonyl (C=O) groups excluding carboxylic acids is 2. The average Bonchev–Trinajstić information content (AvgIpc) is 2.47. The second-order valence-electron chi connectivity index (χ2n) is 6.00. The van der Waals surface area contributed by atoms with Crippen molar-refractivity contribution in [2.24, 2.45) is 0 Å². The summed E-state index contributed by atoms with van der Waals surface area (Å²) in [5, 5.41) is 3.18. The van der Waals surface area contributed by atoms with E-state index in [1.165, 1.54) is 12.1 Å². The van der Waals surface area contributed by atoms with E-state index in [1.807, 2.05) is 20.8 Å². The lowest BCUT2D eigenvalue weighted by molar-refractivity contribution is 0.0229. The second kappa shape index (κ2) is 8.98. The molecule has 0 saturated carbocycles. The lowest BCUT2D eigenvalue weighted by Crippen LogP contribution is -2.48. The van der Waals surface area contributed by atoms with E-state index in [2.05, 4.69) is 21.2 Å². The predicted octanol–water partition coefficient (Wildman–Crippen LogP) is 3.23. The first-order valence-electron chi connectivity index (χ1n) is 7.32. The standard InChI is InChI=1S/C9H18N2O2.C7H4BrFO/c1-9(2,3)13-8(12)11-6-4-10-5-7-11;8-6-2-1-5(4-10)7(9)3-6/h10H,4-7H2,1-3H3;1-4H. The second-order valence-corrected chi connectivity index (χ2v) is 6.92. The normalized spacial score (nSPS) is 14.6. The summed E-state index contributed by atoms with van der Waals surface area (Å²) in [6.07, 6.45) is 0.288. The van der Waals surface area contributed by atoms with Crippen LogP contribution in [0.5, 0.6) is 0 Å². The minimum atomic E-state index is -0.496. The summed E-state index contributed by atoms with van der Waals surface area (Å²) in [5.41, 5.74) is -0.301. The third-order valence-electron chi connectivity index (χ3n) is 2.86. The number of amides is 1. The van der Waals surface area contributed by atoms with Gasteiger partial charge in [-0.1, -0.05) is 15.9 Å². The summed E-state index contributed by atoms with van der Waals surface area (Å²) in [6, 6.07) is 4.29. The van der Waals surface area contributed by atoms with E-state index in [0.29, 0.717) is 10.8 Å². The van der Waals surface area contributed by atoms with Crippen LogP contribution in [0.2, 0.25) is 0 Å². The molecular formula is C16H22BrFN2O3. The monoisotopic (exact) mass is 388 g/mol. The van der Waals surface area contributed by atoms with Gasteiger partial charge in [0.05, 0.1) is 5.56 Å². The molecule has 0 aromatic heterocycles. The Morgan fingerprint density at radius 2 is 1.96 bits per heavy atom. The molecular weight excluding hydrogens is 367 g/mol. The zero-order chi connectivity index (χ0) is 17.5. The first-order chi connectivity index (χ1) is 10.7. The number of halogens is 2. The highest BCUT2D eigenvalue weighted by Gasteiger charge is 2.22. The van der Waals surface area contributed by atoms with Crippen LogP contribution in [-0.2, 0) is 4.74 Å². The number of ether oxygens (including phenoxy) is 1. The highest BCUT2D eigenvalue weighted by molar-refractivity contribution is 9.10. The smallest absolute Gasteiger partial charge is 0.410 e. The number of piperazine rings is 1. The van der Waals surface area contributed by atoms with Crippen molar-refractivity contribution >= 4 is 28.3 Å². The Morgan fingerprint density at radius 1 is 1.35 bits per heavy atom. The number of aldehydes is 1. The highest BCUT2D eigenvalue weighted by atomic mass is 79.9. The van der Waals surface area contributed by atoms with E-state index in [0.717, 1.165) is 26.2 Å².